The van der Waals surface area contributed by atoms with Gasteiger partial charge in [-0.05, 0) is 39.9 Å². The Morgan fingerprint density at radius 3 is 2.68 bits per heavy atom. The molecule has 6 heteroatoms. The number of benzene rings is 2. The number of thiocarbonyl (C=S) groups is 1. The second-order valence-corrected chi connectivity index (χ2v) is 7.07. The maximum atomic E-state index is 10.9. The molecule has 2 rings (SSSR count). The number of aliphatic carboxylic acids is 1. The Hall–Kier alpha value is -1.66. The Morgan fingerprint density at radius 2 is 2.00 bits per heavy atom. The zero-order valence-corrected chi connectivity index (χ0v) is 16.8. The fraction of sp³-hybridized carbons (Fsp3) is 0.368. The molecule has 0 aromatic heterocycles. The Balaban J connectivity index is 2.31. The smallest absolute Gasteiger partial charge is 0.323 e. The normalized spacial score (nSPS) is 10.7. The van der Waals surface area contributed by atoms with Gasteiger partial charge in [0, 0.05) is 18.0 Å². The highest BCUT2D eigenvalue weighted by molar-refractivity contribution is 9.10. The molecule has 0 heterocycles. The number of hydrogen-bond donors (Lipinski definition) is 1. The van der Waals surface area contributed by atoms with Crippen LogP contribution in [0.1, 0.15) is 31.7 Å². The Morgan fingerprint density at radius 1 is 1.24 bits per heavy atom. The van der Waals surface area contributed by atoms with Gasteiger partial charge in [0.15, 0.2) is 0 Å². The van der Waals surface area contributed by atoms with E-state index in [0.29, 0.717) is 11.6 Å². The molecule has 0 saturated carbocycles. The van der Waals surface area contributed by atoms with Gasteiger partial charge < -0.3 is 14.7 Å². The summed E-state index contributed by atoms with van der Waals surface area (Å²) in [6.07, 6.45) is 3.34. The molecular weight excluding hydrogens is 402 g/mol. The molecule has 0 amide bonds. The highest BCUT2D eigenvalue weighted by atomic mass is 79.9. The molecule has 4 nitrogen and oxygen atoms in total. The minimum atomic E-state index is -0.908. The van der Waals surface area contributed by atoms with Crippen LogP contribution in [0.5, 0.6) is 5.75 Å². The fourth-order valence-electron chi connectivity index (χ4n) is 2.61. The molecule has 0 spiro atoms. The summed E-state index contributed by atoms with van der Waals surface area (Å²) in [5.74, 6) is -0.0976. The Kier molecular flexibility index (Phi) is 7.20. The molecule has 1 N–H and O–H groups in total. The maximum absolute atomic E-state index is 10.9. The van der Waals surface area contributed by atoms with Gasteiger partial charge in [0.2, 0.25) is 0 Å². The number of nitrogens with zero attached hydrogens (tertiary/aromatic N) is 1. The molecule has 0 fully saturated rings. The molecule has 0 aliphatic rings. The molecule has 0 radical (unpaired) electrons. The van der Waals surface area contributed by atoms with Crippen molar-refractivity contribution in [1.82, 2.24) is 4.90 Å². The average molecular weight is 424 g/mol. The van der Waals surface area contributed by atoms with E-state index in [-0.39, 0.29) is 6.54 Å². The third-order valence-electron chi connectivity index (χ3n) is 3.92. The molecule has 0 bridgehead atoms. The highest BCUT2D eigenvalue weighted by Gasteiger charge is 2.15. The van der Waals surface area contributed by atoms with Gasteiger partial charge in [-0.3, -0.25) is 4.79 Å². The number of halogens is 1. The average Bonchev–Trinajstić information content (AvgIpc) is 2.59. The van der Waals surface area contributed by atoms with Crippen molar-refractivity contribution in [1.29, 1.82) is 0 Å². The maximum Gasteiger partial charge on any atom is 0.323 e. The summed E-state index contributed by atoms with van der Waals surface area (Å²) in [6, 6.07) is 9.75. The van der Waals surface area contributed by atoms with Crippen molar-refractivity contribution in [2.45, 2.75) is 26.2 Å². The summed E-state index contributed by atoms with van der Waals surface area (Å²) in [7, 11) is 1.69. The lowest BCUT2D eigenvalue weighted by Crippen LogP contribution is -2.31. The van der Waals surface area contributed by atoms with Crippen LogP contribution in [-0.4, -0.2) is 41.2 Å². The first-order chi connectivity index (χ1) is 12.0. The molecule has 0 atom stereocenters. The SMILES string of the molecule is CCCCCOc1ccc2c(C(=S)N(C)CC(=O)O)cccc2c1Br. The van der Waals surface area contributed by atoms with E-state index < -0.39 is 5.97 Å². The van der Waals surface area contributed by atoms with Gasteiger partial charge in [-0.25, -0.2) is 0 Å². The van der Waals surface area contributed by atoms with Crippen LogP contribution in [0.4, 0.5) is 0 Å². The predicted octanol–water partition coefficient (Wildman–Crippen LogP) is 4.86. The van der Waals surface area contributed by atoms with Crippen molar-refractivity contribution in [2.75, 3.05) is 20.2 Å². The van der Waals surface area contributed by atoms with E-state index >= 15 is 0 Å². The van der Waals surface area contributed by atoms with Gasteiger partial charge in [-0.2, -0.15) is 0 Å². The summed E-state index contributed by atoms with van der Waals surface area (Å²) in [5.41, 5.74) is 0.842. The van der Waals surface area contributed by atoms with Gasteiger partial charge in [0.05, 0.1) is 11.1 Å². The van der Waals surface area contributed by atoms with E-state index in [1.807, 2.05) is 30.3 Å². The summed E-state index contributed by atoms with van der Waals surface area (Å²) in [6.45, 7) is 2.73. The van der Waals surface area contributed by atoms with Crippen molar-refractivity contribution in [3.63, 3.8) is 0 Å². The van der Waals surface area contributed by atoms with Gasteiger partial charge in [0.1, 0.15) is 17.3 Å². The van der Waals surface area contributed by atoms with Crippen LogP contribution in [0.25, 0.3) is 10.8 Å². The minimum Gasteiger partial charge on any atom is -0.492 e. The van der Waals surface area contributed by atoms with Crippen LogP contribution in [0.3, 0.4) is 0 Å². The predicted molar refractivity (Wildman–Crippen MR) is 109 cm³/mol. The number of carboxylic acids is 1. The monoisotopic (exact) mass is 423 g/mol. The first kappa shape index (κ1) is 19.7. The van der Waals surface area contributed by atoms with E-state index in [2.05, 4.69) is 22.9 Å². The minimum absolute atomic E-state index is 0.130. The fourth-order valence-corrected chi connectivity index (χ4v) is 3.45. The first-order valence-corrected chi connectivity index (χ1v) is 9.47. The Labute approximate surface area is 161 Å². The van der Waals surface area contributed by atoms with Crippen LogP contribution < -0.4 is 4.74 Å². The summed E-state index contributed by atoms with van der Waals surface area (Å²) in [4.78, 5) is 13.0. The van der Waals surface area contributed by atoms with E-state index in [0.717, 1.165) is 45.8 Å². The van der Waals surface area contributed by atoms with E-state index in [4.69, 9.17) is 22.1 Å². The lowest BCUT2D eigenvalue weighted by atomic mass is 10.0. The number of carbonyl (C=O) groups is 1. The zero-order chi connectivity index (χ0) is 18.4. The molecule has 0 unspecified atom stereocenters. The van der Waals surface area contributed by atoms with Crippen LogP contribution >= 0.6 is 28.1 Å². The van der Waals surface area contributed by atoms with Crippen LogP contribution in [0.2, 0.25) is 0 Å². The number of rotatable bonds is 8. The summed E-state index contributed by atoms with van der Waals surface area (Å²) < 4.78 is 6.77. The number of carboxylic acid groups (broad SMARTS) is 1. The van der Waals surface area contributed by atoms with Gasteiger partial charge in [0.25, 0.3) is 0 Å². The van der Waals surface area contributed by atoms with Gasteiger partial charge in [-0.15, -0.1) is 0 Å². The molecule has 134 valence electrons. The van der Waals surface area contributed by atoms with Crippen molar-refractivity contribution in [3.05, 3.63) is 40.4 Å². The highest BCUT2D eigenvalue weighted by Crippen LogP contribution is 2.35. The number of fused-ring (bicyclic) bond motifs is 1. The van der Waals surface area contributed by atoms with Crippen molar-refractivity contribution in [2.24, 2.45) is 0 Å². The molecule has 0 saturated heterocycles. The summed E-state index contributed by atoms with van der Waals surface area (Å²) in [5, 5.41) is 10.9. The van der Waals surface area contributed by atoms with Gasteiger partial charge in [-0.1, -0.05) is 50.2 Å². The molecule has 2 aromatic carbocycles. The van der Waals surface area contributed by atoms with Crippen LogP contribution in [-0.2, 0) is 4.79 Å². The summed E-state index contributed by atoms with van der Waals surface area (Å²) >= 11 is 9.12. The lowest BCUT2D eigenvalue weighted by Gasteiger charge is -2.20. The largest absolute Gasteiger partial charge is 0.492 e. The second-order valence-electron chi connectivity index (χ2n) is 5.89. The van der Waals surface area contributed by atoms with Crippen molar-refractivity contribution in [3.8, 4) is 5.75 Å². The Bertz CT molecular complexity index is 779. The van der Waals surface area contributed by atoms with Crippen molar-refractivity contribution < 1.29 is 14.6 Å². The number of ether oxygens (including phenoxy) is 1. The number of likely N-dealkylation sites (N-methyl/N-ethyl adjacent to an activating group) is 1. The molecule has 0 aliphatic carbocycles. The standard InChI is InChI=1S/C19H22BrNO3S/c1-3-4-5-11-24-16-10-9-13-14(18(16)20)7-6-8-15(13)19(25)21(2)12-17(22)23/h6-10H,3-5,11-12H2,1-2H3,(H,22,23). The third kappa shape index (κ3) is 4.92. The van der Waals surface area contributed by atoms with E-state index in [1.165, 1.54) is 0 Å². The van der Waals surface area contributed by atoms with Crippen molar-refractivity contribution >= 4 is 49.9 Å². The third-order valence-corrected chi connectivity index (χ3v) is 5.26. The molecule has 25 heavy (non-hydrogen) atoms. The number of unbranched alkanes of at least 4 members (excludes halogenated alkanes) is 2. The topological polar surface area (TPSA) is 49.8 Å². The molecule has 0 aliphatic heterocycles. The van der Waals surface area contributed by atoms with E-state index in [9.17, 15) is 4.79 Å². The van der Waals surface area contributed by atoms with Gasteiger partial charge >= 0.3 is 5.97 Å². The number of hydrogen-bond acceptors (Lipinski definition) is 3. The molecule has 2 aromatic rings. The quantitative estimate of drug-likeness (QED) is 0.484. The van der Waals surface area contributed by atoms with E-state index in [1.54, 1.807) is 11.9 Å². The van der Waals surface area contributed by atoms with Crippen LogP contribution in [0.15, 0.2) is 34.8 Å². The second kappa shape index (κ2) is 9.15. The first-order valence-electron chi connectivity index (χ1n) is 8.27. The van der Waals surface area contributed by atoms with Crippen LogP contribution in [0, 0.1) is 0 Å². The zero-order valence-electron chi connectivity index (χ0n) is 14.4. The molecular formula is C19H22BrNO3S. The lowest BCUT2D eigenvalue weighted by molar-refractivity contribution is -0.137.